The van der Waals surface area contributed by atoms with Crippen LogP contribution in [0.5, 0.6) is 0 Å². The highest BCUT2D eigenvalue weighted by molar-refractivity contribution is 7.89. The van der Waals surface area contributed by atoms with Crippen molar-refractivity contribution >= 4 is 15.7 Å². The van der Waals surface area contributed by atoms with Gasteiger partial charge in [-0.1, -0.05) is 24.6 Å². The van der Waals surface area contributed by atoms with E-state index in [0.717, 1.165) is 35.9 Å². The number of halogens is 2. The maximum atomic E-state index is 14.4. The highest BCUT2D eigenvalue weighted by atomic mass is 32.2. The van der Waals surface area contributed by atoms with Crippen molar-refractivity contribution in [3.63, 3.8) is 0 Å². The van der Waals surface area contributed by atoms with Crippen molar-refractivity contribution in [1.29, 1.82) is 5.26 Å². The van der Waals surface area contributed by atoms with Crippen molar-refractivity contribution in [1.82, 2.24) is 9.73 Å². The minimum absolute atomic E-state index is 0.00431. The summed E-state index contributed by atoms with van der Waals surface area (Å²) in [4.78, 5) is -0.369. The molecular formula is C27H26F2N4O2S. The molecule has 2 aliphatic carbocycles. The fraction of sp³-hybridized carbons (Fsp3) is 0.296. The topological polar surface area (TPSA) is 76.4 Å². The number of rotatable bonds is 7. The minimum Gasteiger partial charge on any atom is -0.301 e. The Kier molecular flexibility index (Phi) is 6.41. The van der Waals surface area contributed by atoms with E-state index in [1.165, 1.54) is 45.8 Å². The molecule has 0 saturated heterocycles. The SMILES string of the molecule is C[C@H]1C2=CNN(c3ccc(F)cc3)C2=CC2=C1[C@@H](CN(CCC#N)S(=O)(=O)c1ccccc1F)CC2. The number of sulfonamides is 1. The average Bonchev–Trinajstić information content (AvgIpc) is 3.47. The standard InChI is InChI=1S/C27H26F2N4O2S/c1-18-23-16-31-33(22-11-9-21(28)10-12-22)25(23)15-19-7-8-20(27(18)19)17-32(14-4-13-30)36(34,35)26-6-3-2-5-24(26)29/h2-3,5-6,9-12,15-16,18,20,31H,4,7-8,14,17H2,1H3/t18-,20+/m0/s1. The summed E-state index contributed by atoms with van der Waals surface area (Å²) in [5.74, 6) is -1.10. The van der Waals surface area contributed by atoms with E-state index < -0.39 is 15.8 Å². The lowest BCUT2D eigenvalue weighted by atomic mass is 9.80. The van der Waals surface area contributed by atoms with Crippen LogP contribution in [0.15, 0.2) is 88.1 Å². The molecule has 1 aliphatic heterocycles. The first-order valence-electron chi connectivity index (χ1n) is 11.9. The number of benzene rings is 2. The highest BCUT2D eigenvalue weighted by Gasteiger charge is 2.40. The van der Waals surface area contributed by atoms with Gasteiger partial charge >= 0.3 is 0 Å². The van der Waals surface area contributed by atoms with Crippen molar-refractivity contribution in [3.8, 4) is 6.07 Å². The van der Waals surface area contributed by atoms with E-state index in [0.29, 0.717) is 0 Å². The van der Waals surface area contributed by atoms with Crippen LogP contribution in [-0.4, -0.2) is 25.8 Å². The van der Waals surface area contributed by atoms with Crippen LogP contribution in [0.2, 0.25) is 0 Å². The second-order valence-corrected chi connectivity index (χ2v) is 11.1. The van der Waals surface area contributed by atoms with Crippen molar-refractivity contribution in [2.75, 3.05) is 18.1 Å². The summed E-state index contributed by atoms with van der Waals surface area (Å²) in [6.45, 7) is 2.30. The van der Waals surface area contributed by atoms with Crippen LogP contribution in [0.3, 0.4) is 0 Å². The second kappa shape index (κ2) is 9.52. The second-order valence-electron chi connectivity index (χ2n) is 9.21. The molecule has 6 nitrogen and oxygen atoms in total. The number of allylic oxidation sites excluding steroid dienone is 3. The van der Waals surface area contributed by atoms with Crippen LogP contribution in [0.25, 0.3) is 0 Å². The van der Waals surface area contributed by atoms with E-state index in [1.807, 2.05) is 17.3 Å². The predicted molar refractivity (Wildman–Crippen MR) is 132 cm³/mol. The number of hydrogen-bond acceptors (Lipinski definition) is 5. The van der Waals surface area contributed by atoms with E-state index in [2.05, 4.69) is 18.4 Å². The van der Waals surface area contributed by atoms with E-state index in [9.17, 15) is 17.2 Å². The molecule has 2 atom stereocenters. The molecular weight excluding hydrogens is 482 g/mol. The van der Waals surface area contributed by atoms with Crippen molar-refractivity contribution in [2.45, 2.75) is 31.1 Å². The smallest absolute Gasteiger partial charge is 0.246 e. The third-order valence-electron chi connectivity index (χ3n) is 7.14. The first kappa shape index (κ1) is 24.2. The Morgan fingerprint density at radius 2 is 1.92 bits per heavy atom. The molecule has 0 fully saturated rings. The molecule has 9 heteroatoms. The third-order valence-corrected chi connectivity index (χ3v) is 9.04. The lowest BCUT2D eigenvalue weighted by Crippen LogP contribution is -2.37. The highest BCUT2D eigenvalue weighted by Crippen LogP contribution is 2.48. The van der Waals surface area contributed by atoms with Gasteiger partial charge in [-0.2, -0.15) is 9.57 Å². The van der Waals surface area contributed by atoms with Gasteiger partial charge in [-0.15, -0.1) is 0 Å². The van der Waals surface area contributed by atoms with Crippen LogP contribution >= 0.6 is 0 Å². The largest absolute Gasteiger partial charge is 0.301 e. The van der Waals surface area contributed by atoms with Gasteiger partial charge in [-0.3, -0.25) is 5.01 Å². The Hall–Kier alpha value is -3.48. The van der Waals surface area contributed by atoms with Crippen LogP contribution < -0.4 is 10.4 Å². The van der Waals surface area contributed by atoms with Crippen molar-refractivity contribution in [3.05, 3.63) is 94.9 Å². The average molecular weight is 509 g/mol. The van der Waals surface area contributed by atoms with Gasteiger partial charge in [0.25, 0.3) is 0 Å². The van der Waals surface area contributed by atoms with Gasteiger partial charge in [0.2, 0.25) is 10.0 Å². The van der Waals surface area contributed by atoms with E-state index in [1.54, 1.807) is 12.1 Å². The summed E-state index contributed by atoms with van der Waals surface area (Å²) in [5.41, 5.74) is 8.49. The van der Waals surface area contributed by atoms with Gasteiger partial charge in [0, 0.05) is 37.2 Å². The quantitative estimate of drug-likeness (QED) is 0.569. The number of nitrogens with zero attached hydrogens (tertiary/aromatic N) is 3. The van der Waals surface area contributed by atoms with Crippen molar-refractivity contribution in [2.24, 2.45) is 11.8 Å². The summed E-state index contributed by atoms with van der Waals surface area (Å²) in [5, 5.41) is 11.1. The number of fused-ring (bicyclic) bond motifs is 1. The number of hydrogen-bond donors (Lipinski definition) is 1. The summed E-state index contributed by atoms with van der Waals surface area (Å²) < 4.78 is 55.9. The number of nitrogens with one attached hydrogen (secondary N) is 1. The fourth-order valence-electron chi connectivity index (χ4n) is 5.43. The summed E-state index contributed by atoms with van der Waals surface area (Å²) in [6, 6.07) is 13.6. The van der Waals surface area contributed by atoms with Crippen molar-refractivity contribution < 1.29 is 17.2 Å². The Bertz CT molecular complexity index is 1420. The lowest BCUT2D eigenvalue weighted by Gasteiger charge is -2.32. The molecule has 3 aliphatic rings. The zero-order valence-electron chi connectivity index (χ0n) is 19.8. The molecule has 36 heavy (non-hydrogen) atoms. The first-order valence-corrected chi connectivity index (χ1v) is 13.3. The Morgan fingerprint density at radius 3 is 2.64 bits per heavy atom. The van der Waals surface area contributed by atoms with Gasteiger partial charge in [0.15, 0.2) is 0 Å². The summed E-state index contributed by atoms with van der Waals surface area (Å²) in [6.07, 6.45) is 5.64. The van der Waals surface area contributed by atoms with Crippen LogP contribution in [0, 0.1) is 34.8 Å². The maximum Gasteiger partial charge on any atom is 0.246 e. The normalized spacial score (nSPS) is 21.0. The summed E-state index contributed by atoms with van der Waals surface area (Å²) in [7, 11) is -4.11. The fourth-order valence-corrected chi connectivity index (χ4v) is 6.98. The van der Waals surface area contributed by atoms with E-state index >= 15 is 0 Å². The monoisotopic (exact) mass is 508 g/mol. The van der Waals surface area contributed by atoms with Crippen LogP contribution in [-0.2, 0) is 10.0 Å². The molecule has 0 bridgehead atoms. The third kappa shape index (κ3) is 4.21. The Balaban J connectivity index is 1.45. The maximum absolute atomic E-state index is 14.4. The van der Waals surface area contributed by atoms with E-state index in [-0.39, 0.29) is 42.1 Å². The van der Waals surface area contributed by atoms with Gasteiger partial charge < -0.3 is 5.43 Å². The molecule has 1 heterocycles. The number of nitriles is 1. The molecule has 2 aromatic carbocycles. The number of anilines is 1. The van der Waals surface area contributed by atoms with Crippen LogP contribution in [0.4, 0.5) is 14.5 Å². The zero-order chi connectivity index (χ0) is 25.4. The van der Waals surface area contributed by atoms with Gasteiger partial charge in [-0.25, -0.2) is 17.2 Å². The molecule has 5 rings (SSSR count). The van der Waals surface area contributed by atoms with Gasteiger partial charge in [0.05, 0.1) is 17.5 Å². The number of hydrazine groups is 1. The van der Waals surface area contributed by atoms with E-state index in [4.69, 9.17) is 5.26 Å². The zero-order valence-corrected chi connectivity index (χ0v) is 20.6. The Labute approximate surface area is 209 Å². The lowest BCUT2D eigenvalue weighted by molar-refractivity contribution is 0.358. The molecule has 0 radical (unpaired) electrons. The molecule has 1 N–H and O–H groups in total. The molecule has 0 saturated carbocycles. The minimum atomic E-state index is -4.11. The molecule has 186 valence electrons. The predicted octanol–water partition coefficient (Wildman–Crippen LogP) is 5.02. The molecule has 0 aromatic heterocycles. The molecule has 0 spiro atoms. The molecule has 0 unspecified atom stereocenters. The Morgan fingerprint density at radius 1 is 1.17 bits per heavy atom. The van der Waals surface area contributed by atoms with Gasteiger partial charge in [0.1, 0.15) is 16.5 Å². The van der Waals surface area contributed by atoms with Crippen LogP contribution in [0.1, 0.15) is 26.2 Å². The summed E-state index contributed by atoms with van der Waals surface area (Å²) >= 11 is 0. The first-order chi connectivity index (χ1) is 17.3. The molecule has 0 amide bonds. The molecule has 2 aromatic rings. The van der Waals surface area contributed by atoms with Gasteiger partial charge in [-0.05, 0) is 66.8 Å².